The summed E-state index contributed by atoms with van der Waals surface area (Å²) in [5, 5.41) is 8.64. The van der Waals surface area contributed by atoms with Gasteiger partial charge < -0.3 is 5.11 Å². The topological polar surface area (TPSA) is 37.3 Å². The highest BCUT2D eigenvalue weighted by atomic mass is 16.3. The van der Waals surface area contributed by atoms with Crippen LogP contribution in [0.4, 0.5) is 0 Å². The number of hydrogen-bond acceptors (Lipinski definition) is 2. The normalized spacial score (nSPS) is 28.6. The van der Waals surface area contributed by atoms with E-state index in [1.807, 2.05) is 0 Å². The number of hydrogen-bond donors (Lipinski definition) is 1. The molecule has 0 aromatic rings. The second-order valence-electron chi connectivity index (χ2n) is 2.59. The third-order valence-corrected chi connectivity index (χ3v) is 1.90. The lowest BCUT2D eigenvalue weighted by atomic mass is 9.89. The van der Waals surface area contributed by atoms with Crippen molar-refractivity contribution in [1.82, 2.24) is 0 Å². The van der Waals surface area contributed by atoms with Gasteiger partial charge in [0, 0.05) is 12.3 Å². The molecule has 52 valence electrons. The van der Waals surface area contributed by atoms with Crippen molar-refractivity contribution in [3.05, 3.63) is 0 Å². The van der Waals surface area contributed by atoms with E-state index in [-0.39, 0.29) is 18.3 Å². The number of carbonyl (C=O) groups is 1. The fourth-order valence-corrected chi connectivity index (χ4v) is 1.25. The number of aliphatic hydroxyl groups is 1. The summed E-state index contributed by atoms with van der Waals surface area (Å²) in [6, 6.07) is 0. The highest BCUT2D eigenvalue weighted by Crippen LogP contribution is 2.19. The molecule has 0 saturated heterocycles. The van der Waals surface area contributed by atoms with Gasteiger partial charge in [-0.15, -0.1) is 0 Å². The SMILES string of the molecule is O=C1CCCC[C@H]1CO. The molecule has 0 aromatic carbocycles. The lowest BCUT2D eigenvalue weighted by Crippen LogP contribution is -2.21. The molecule has 0 spiro atoms. The molecule has 1 saturated carbocycles. The molecule has 1 aliphatic rings. The van der Waals surface area contributed by atoms with Crippen molar-refractivity contribution >= 4 is 5.78 Å². The zero-order valence-corrected chi connectivity index (χ0v) is 5.47. The van der Waals surface area contributed by atoms with E-state index >= 15 is 0 Å². The molecule has 0 aromatic heterocycles. The molecule has 1 fully saturated rings. The van der Waals surface area contributed by atoms with Crippen molar-refractivity contribution in [2.24, 2.45) is 5.92 Å². The van der Waals surface area contributed by atoms with E-state index in [1.165, 1.54) is 0 Å². The molecule has 0 heterocycles. The third-order valence-electron chi connectivity index (χ3n) is 1.90. The van der Waals surface area contributed by atoms with Crippen LogP contribution >= 0.6 is 0 Å². The Morgan fingerprint density at radius 1 is 1.56 bits per heavy atom. The first-order valence-electron chi connectivity index (χ1n) is 3.48. The second-order valence-corrected chi connectivity index (χ2v) is 2.59. The molecule has 0 radical (unpaired) electrons. The first-order chi connectivity index (χ1) is 4.34. The summed E-state index contributed by atoms with van der Waals surface area (Å²) in [4.78, 5) is 10.9. The lowest BCUT2D eigenvalue weighted by Gasteiger charge is -2.17. The quantitative estimate of drug-likeness (QED) is 0.565. The first kappa shape index (κ1) is 6.75. The van der Waals surface area contributed by atoms with Gasteiger partial charge in [-0.1, -0.05) is 6.42 Å². The Morgan fingerprint density at radius 3 is 2.78 bits per heavy atom. The molecule has 0 amide bonds. The average molecular weight is 128 g/mol. The summed E-state index contributed by atoms with van der Waals surface area (Å²) in [5.74, 6) is 0.225. The third kappa shape index (κ3) is 1.52. The zero-order chi connectivity index (χ0) is 6.69. The van der Waals surface area contributed by atoms with Crippen LogP contribution in [0, 0.1) is 5.92 Å². The van der Waals surface area contributed by atoms with E-state index in [1.54, 1.807) is 0 Å². The fourth-order valence-electron chi connectivity index (χ4n) is 1.25. The van der Waals surface area contributed by atoms with Gasteiger partial charge in [0.2, 0.25) is 0 Å². The van der Waals surface area contributed by atoms with Crippen LogP contribution in [0.25, 0.3) is 0 Å². The highest BCUT2D eigenvalue weighted by molar-refractivity contribution is 5.81. The summed E-state index contributed by atoms with van der Waals surface area (Å²) in [7, 11) is 0. The molecule has 0 bridgehead atoms. The summed E-state index contributed by atoms with van der Waals surface area (Å²) < 4.78 is 0. The minimum absolute atomic E-state index is 0.0289. The Balaban J connectivity index is 2.39. The Bertz CT molecular complexity index is 109. The van der Waals surface area contributed by atoms with Crippen LogP contribution in [0.1, 0.15) is 25.7 Å². The molecular weight excluding hydrogens is 116 g/mol. The van der Waals surface area contributed by atoms with Crippen LogP contribution in [0.2, 0.25) is 0 Å². The monoisotopic (exact) mass is 128 g/mol. The minimum atomic E-state index is -0.0289. The van der Waals surface area contributed by atoms with Gasteiger partial charge in [-0.05, 0) is 12.8 Å². The zero-order valence-electron chi connectivity index (χ0n) is 5.47. The maximum absolute atomic E-state index is 10.9. The number of Topliss-reactive ketones (excluding diaryl/α,β-unsaturated/α-hetero) is 1. The van der Waals surface area contributed by atoms with Crippen LogP contribution in [0.15, 0.2) is 0 Å². The molecule has 9 heavy (non-hydrogen) atoms. The van der Waals surface area contributed by atoms with Gasteiger partial charge in [-0.2, -0.15) is 0 Å². The summed E-state index contributed by atoms with van der Waals surface area (Å²) in [5.41, 5.74) is 0. The Kier molecular flexibility index (Phi) is 2.22. The molecular formula is C7H12O2. The van der Waals surface area contributed by atoms with Gasteiger partial charge >= 0.3 is 0 Å². The van der Waals surface area contributed by atoms with Crippen LogP contribution < -0.4 is 0 Å². The standard InChI is InChI=1S/C7H12O2/c8-5-6-3-1-2-4-7(6)9/h6,8H,1-5H2/t6-/m0/s1. The van der Waals surface area contributed by atoms with Crippen LogP contribution in [-0.2, 0) is 4.79 Å². The van der Waals surface area contributed by atoms with E-state index in [4.69, 9.17) is 5.11 Å². The van der Waals surface area contributed by atoms with Crippen LogP contribution in [0.5, 0.6) is 0 Å². The summed E-state index contributed by atoms with van der Waals surface area (Å²) >= 11 is 0. The van der Waals surface area contributed by atoms with Crippen molar-refractivity contribution in [3.8, 4) is 0 Å². The van der Waals surface area contributed by atoms with Gasteiger partial charge in [-0.3, -0.25) is 4.79 Å². The van der Waals surface area contributed by atoms with E-state index in [2.05, 4.69) is 0 Å². The van der Waals surface area contributed by atoms with E-state index < -0.39 is 0 Å². The molecule has 0 unspecified atom stereocenters. The van der Waals surface area contributed by atoms with Crippen molar-refractivity contribution in [1.29, 1.82) is 0 Å². The summed E-state index contributed by atoms with van der Waals surface area (Å²) in [6.07, 6.45) is 3.72. The maximum atomic E-state index is 10.9. The molecule has 1 rings (SSSR count). The number of rotatable bonds is 1. The van der Waals surface area contributed by atoms with Crippen molar-refractivity contribution in [2.75, 3.05) is 6.61 Å². The Labute approximate surface area is 54.9 Å². The van der Waals surface area contributed by atoms with Gasteiger partial charge in [-0.25, -0.2) is 0 Å². The lowest BCUT2D eigenvalue weighted by molar-refractivity contribution is -0.125. The molecule has 0 aliphatic heterocycles. The minimum Gasteiger partial charge on any atom is -0.396 e. The second kappa shape index (κ2) is 2.97. The maximum Gasteiger partial charge on any atom is 0.138 e. The van der Waals surface area contributed by atoms with Crippen LogP contribution in [0.3, 0.4) is 0 Å². The average Bonchev–Trinajstić information content (AvgIpc) is 1.89. The van der Waals surface area contributed by atoms with Crippen molar-refractivity contribution in [3.63, 3.8) is 0 Å². The van der Waals surface area contributed by atoms with Gasteiger partial charge in [0.1, 0.15) is 5.78 Å². The van der Waals surface area contributed by atoms with E-state index in [0.29, 0.717) is 6.42 Å². The van der Waals surface area contributed by atoms with Crippen molar-refractivity contribution < 1.29 is 9.90 Å². The van der Waals surface area contributed by atoms with Crippen LogP contribution in [-0.4, -0.2) is 17.5 Å². The molecule has 2 heteroatoms. The number of ketones is 1. The number of aliphatic hydroxyl groups excluding tert-OH is 1. The van der Waals surface area contributed by atoms with Gasteiger partial charge in [0.15, 0.2) is 0 Å². The summed E-state index contributed by atoms with van der Waals surface area (Å²) in [6.45, 7) is 0.0544. The largest absolute Gasteiger partial charge is 0.396 e. The first-order valence-corrected chi connectivity index (χ1v) is 3.48. The molecule has 1 atom stereocenters. The predicted octanol–water partition coefficient (Wildman–Crippen LogP) is 0.738. The Hall–Kier alpha value is -0.370. The predicted molar refractivity (Wildman–Crippen MR) is 34.1 cm³/mol. The van der Waals surface area contributed by atoms with E-state index in [9.17, 15) is 4.79 Å². The number of carbonyl (C=O) groups excluding carboxylic acids is 1. The molecule has 1 N–H and O–H groups in total. The molecule has 1 aliphatic carbocycles. The Morgan fingerprint density at radius 2 is 2.33 bits per heavy atom. The van der Waals surface area contributed by atoms with Gasteiger partial charge in [0.05, 0.1) is 6.61 Å². The fraction of sp³-hybridized carbons (Fsp3) is 0.857. The van der Waals surface area contributed by atoms with E-state index in [0.717, 1.165) is 19.3 Å². The van der Waals surface area contributed by atoms with Gasteiger partial charge in [0.25, 0.3) is 0 Å². The molecule has 2 nitrogen and oxygen atoms in total. The highest BCUT2D eigenvalue weighted by Gasteiger charge is 2.20. The van der Waals surface area contributed by atoms with Crippen molar-refractivity contribution in [2.45, 2.75) is 25.7 Å². The smallest absolute Gasteiger partial charge is 0.138 e.